The fourth-order valence-corrected chi connectivity index (χ4v) is 6.11. The molecule has 0 unspecified atom stereocenters. The second-order valence-electron chi connectivity index (χ2n) is 10.6. The molecule has 0 spiro atoms. The van der Waals surface area contributed by atoms with Crippen LogP contribution in [0.3, 0.4) is 0 Å². The van der Waals surface area contributed by atoms with Gasteiger partial charge in [0.1, 0.15) is 5.75 Å². The number of hydrogen-bond acceptors (Lipinski definition) is 4. The van der Waals surface area contributed by atoms with Crippen molar-refractivity contribution in [3.8, 4) is 5.75 Å². The Morgan fingerprint density at radius 2 is 1.52 bits per heavy atom. The number of thioether (sulfide) groups is 1. The Morgan fingerprint density at radius 1 is 0.900 bits per heavy atom. The minimum Gasteiger partial charge on any atom is -0.492 e. The number of allylic oxidation sites excluding steroid dienone is 1. The summed E-state index contributed by atoms with van der Waals surface area (Å²) >= 11 is 8.29. The molecule has 1 amide bonds. The molecule has 0 atom stereocenters. The topological polar surface area (TPSA) is 41.6 Å². The van der Waals surface area contributed by atoms with Gasteiger partial charge in [-0.05, 0) is 36.4 Å². The van der Waals surface area contributed by atoms with Crippen LogP contribution in [-0.4, -0.2) is 23.3 Å². The van der Waals surface area contributed by atoms with Gasteiger partial charge >= 0.3 is 0 Å². The van der Waals surface area contributed by atoms with Crippen LogP contribution in [0.25, 0.3) is 0 Å². The standard InChI is InChI=1S/C33H47ClN2O2S.BrH/c1-3-4-5-6-7-8-9-10-11-12-13-16-22-38-33-28(19-17-20-30(33)34)23-32(37)35-31-21-15-14-18-29(31)24-36-26-39-25-27(36)2;/h14-15,17-21,25H,3-13,16,22-24,26H2,1-2H3,(H,35,37);1H. The summed E-state index contributed by atoms with van der Waals surface area (Å²) in [6.45, 7) is 5.79. The third-order valence-corrected chi connectivity index (χ3v) is 8.55. The minimum absolute atomic E-state index is 0. The van der Waals surface area contributed by atoms with Crippen LogP contribution in [0.2, 0.25) is 5.02 Å². The van der Waals surface area contributed by atoms with Crippen molar-refractivity contribution in [1.29, 1.82) is 0 Å². The summed E-state index contributed by atoms with van der Waals surface area (Å²) in [7, 11) is 0. The van der Waals surface area contributed by atoms with Gasteiger partial charge < -0.3 is 15.0 Å². The molecular weight excluding hydrogens is 604 g/mol. The van der Waals surface area contributed by atoms with E-state index in [0.29, 0.717) is 17.4 Å². The Hall–Kier alpha value is -1.63. The van der Waals surface area contributed by atoms with E-state index in [0.717, 1.165) is 42.1 Å². The van der Waals surface area contributed by atoms with Crippen LogP contribution in [0.4, 0.5) is 5.69 Å². The van der Waals surface area contributed by atoms with Gasteiger partial charge in [-0.15, -0.1) is 28.7 Å². The third-order valence-electron chi connectivity index (χ3n) is 7.28. The van der Waals surface area contributed by atoms with E-state index in [-0.39, 0.29) is 29.3 Å². The molecular formula is C33H48BrClN2O2S. The van der Waals surface area contributed by atoms with Gasteiger partial charge in [-0.2, -0.15) is 0 Å². The highest BCUT2D eigenvalue weighted by Crippen LogP contribution is 2.30. The molecule has 0 saturated heterocycles. The molecule has 3 rings (SSSR count). The number of benzene rings is 2. The van der Waals surface area contributed by atoms with Crippen LogP contribution in [0, 0.1) is 0 Å². The first-order valence-corrected chi connectivity index (χ1v) is 16.3. The summed E-state index contributed by atoms with van der Waals surface area (Å²) in [5, 5.41) is 5.86. The van der Waals surface area contributed by atoms with Gasteiger partial charge in [0.2, 0.25) is 5.91 Å². The van der Waals surface area contributed by atoms with Crippen molar-refractivity contribution in [2.24, 2.45) is 0 Å². The molecule has 4 nitrogen and oxygen atoms in total. The number of carbonyl (C=O) groups is 1. The average Bonchev–Trinajstić information content (AvgIpc) is 3.33. The van der Waals surface area contributed by atoms with Gasteiger partial charge in [-0.25, -0.2) is 0 Å². The number of unbranched alkanes of at least 4 members (excludes halogenated alkanes) is 11. The van der Waals surface area contributed by atoms with E-state index in [9.17, 15) is 4.79 Å². The Bertz CT molecular complexity index is 1050. The zero-order valence-electron chi connectivity index (χ0n) is 24.4. The lowest BCUT2D eigenvalue weighted by Gasteiger charge is -2.21. The maximum absolute atomic E-state index is 13.0. The number of rotatable bonds is 19. The summed E-state index contributed by atoms with van der Waals surface area (Å²) in [6, 6.07) is 13.7. The first-order valence-electron chi connectivity index (χ1n) is 14.9. The van der Waals surface area contributed by atoms with Gasteiger partial charge in [-0.3, -0.25) is 4.79 Å². The minimum atomic E-state index is -0.0667. The predicted octanol–water partition coefficient (Wildman–Crippen LogP) is 10.5. The number of para-hydroxylation sites is 2. The first-order chi connectivity index (χ1) is 19.1. The van der Waals surface area contributed by atoms with Crippen molar-refractivity contribution in [1.82, 2.24) is 4.90 Å². The number of anilines is 1. The molecule has 0 bridgehead atoms. The molecule has 40 heavy (non-hydrogen) atoms. The van der Waals surface area contributed by atoms with Gasteiger partial charge in [0.25, 0.3) is 0 Å². The van der Waals surface area contributed by atoms with E-state index < -0.39 is 0 Å². The number of nitrogens with zero attached hydrogens (tertiary/aromatic N) is 1. The number of halogens is 2. The number of carbonyl (C=O) groups excluding carboxylic acids is 1. The summed E-state index contributed by atoms with van der Waals surface area (Å²) in [4.78, 5) is 15.4. The van der Waals surface area contributed by atoms with Crippen LogP contribution in [0.1, 0.15) is 102 Å². The number of hydrogen-bond donors (Lipinski definition) is 1. The van der Waals surface area contributed by atoms with Crippen LogP contribution in [0.15, 0.2) is 53.6 Å². The Morgan fingerprint density at radius 3 is 2.17 bits per heavy atom. The molecule has 7 heteroatoms. The van der Waals surface area contributed by atoms with Crippen molar-refractivity contribution in [3.63, 3.8) is 0 Å². The van der Waals surface area contributed by atoms with Crippen molar-refractivity contribution >= 4 is 51.9 Å². The molecule has 2 aromatic rings. The lowest BCUT2D eigenvalue weighted by molar-refractivity contribution is -0.115. The van der Waals surface area contributed by atoms with Crippen LogP contribution in [-0.2, 0) is 17.8 Å². The van der Waals surface area contributed by atoms with Gasteiger partial charge in [-0.1, -0.05) is 119 Å². The molecule has 0 saturated carbocycles. The maximum atomic E-state index is 13.0. The molecule has 0 radical (unpaired) electrons. The smallest absolute Gasteiger partial charge is 0.228 e. The van der Waals surface area contributed by atoms with E-state index in [1.54, 1.807) is 11.8 Å². The Labute approximate surface area is 262 Å². The highest BCUT2D eigenvalue weighted by molar-refractivity contribution is 8.93. The molecule has 0 aliphatic carbocycles. The molecule has 1 aliphatic rings. The second kappa shape index (κ2) is 20.3. The van der Waals surface area contributed by atoms with E-state index in [4.69, 9.17) is 16.3 Å². The lowest BCUT2D eigenvalue weighted by atomic mass is 10.1. The summed E-state index contributed by atoms with van der Waals surface area (Å²) < 4.78 is 6.11. The second-order valence-corrected chi connectivity index (χ2v) is 11.8. The monoisotopic (exact) mass is 650 g/mol. The molecule has 222 valence electrons. The van der Waals surface area contributed by atoms with E-state index in [1.807, 2.05) is 36.4 Å². The van der Waals surface area contributed by atoms with Crippen molar-refractivity contribution in [3.05, 3.63) is 69.7 Å². The highest BCUT2D eigenvalue weighted by atomic mass is 79.9. The first kappa shape index (κ1) is 34.6. The molecule has 0 fully saturated rings. The quantitative estimate of drug-likeness (QED) is 0.154. The molecule has 2 aromatic carbocycles. The molecule has 1 N–H and O–H groups in total. The Kier molecular flexibility index (Phi) is 17.5. The van der Waals surface area contributed by atoms with Crippen molar-refractivity contribution < 1.29 is 9.53 Å². The summed E-state index contributed by atoms with van der Waals surface area (Å²) in [5.74, 6) is 1.51. The fourth-order valence-electron chi connectivity index (χ4n) is 4.92. The van der Waals surface area contributed by atoms with E-state index in [2.05, 4.69) is 35.5 Å². The SMILES string of the molecule is Br.CCCCCCCCCCCCCCOc1c(Cl)cccc1CC(=O)Nc1ccccc1CN1CSC=C1C. The average molecular weight is 652 g/mol. The van der Waals surface area contributed by atoms with Crippen LogP contribution < -0.4 is 10.1 Å². The Balaban J connectivity index is 0.00000560. The predicted molar refractivity (Wildman–Crippen MR) is 179 cm³/mol. The lowest BCUT2D eigenvalue weighted by Crippen LogP contribution is -2.20. The molecule has 1 heterocycles. The molecule has 1 aliphatic heterocycles. The normalized spacial score (nSPS) is 12.7. The largest absolute Gasteiger partial charge is 0.492 e. The van der Waals surface area contributed by atoms with Gasteiger partial charge in [0.05, 0.1) is 23.9 Å². The molecule has 0 aromatic heterocycles. The number of nitrogens with one attached hydrogen (secondary N) is 1. The van der Waals surface area contributed by atoms with Crippen molar-refractivity contribution in [2.75, 3.05) is 17.8 Å². The third kappa shape index (κ3) is 12.5. The fraction of sp³-hybridized carbons (Fsp3) is 0.545. The van der Waals surface area contributed by atoms with Gasteiger partial charge in [0.15, 0.2) is 0 Å². The zero-order chi connectivity index (χ0) is 27.7. The highest BCUT2D eigenvalue weighted by Gasteiger charge is 2.16. The summed E-state index contributed by atoms with van der Waals surface area (Å²) in [5.41, 5.74) is 4.05. The maximum Gasteiger partial charge on any atom is 0.228 e. The van der Waals surface area contributed by atoms with Gasteiger partial charge in [0, 0.05) is 23.5 Å². The van der Waals surface area contributed by atoms with E-state index in [1.165, 1.54) is 69.9 Å². The zero-order valence-corrected chi connectivity index (χ0v) is 27.7. The van der Waals surface area contributed by atoms with Crippen LogP contribution in [0.5, 0.6) is 5.75 Å². The van der Waals surface area contributed by atoms with E-state index >= 15 is 0 Å². The van der Waals surface area contributed by atoms with Crippen molar-refractivity contribution in [2.45, 2.75) is 104 Å². The number of ether oxygens (including phenoxy) is 1. The number of amides is 1. The van der Waals surface area contributed by atoms with Crippen LogP contribution >= 0.6 is 40.3 Å². The summed E-state index contributed by atoms with van der Waals surface area (Å²) in [6.07, 6.45) is 16.0.